The first-order chi connectivity index (χ1) is 14.8. The van der Waals surface area contributed by atoms with Crippen molar-refractivity contribution in [3.05, 3.63) is 86.5 Å². The number of ether oxygens (including phenoxy) is 1. The van der Waals surface area contributed by atoms with E-state index in [9.17, 15) is 5.11 Å². The van der Waals surface area contributed by atoms with Gasteiger partial charge in [0.25, 0.3) is 0 Å². The van der Waals surface area contributed by atoms with Crippen molar-refractivity contribution in [2.45, 2.75) is 25.9 Å². The summed E-state index contributed by atoms with van der Waals surface area (Å²) in [5.41, 5.74) is 0.806. The third kappa shape index (κ3) is 3.99. The van der Waals surface area contributed by atoms with Crippen molar-refractivity contribution in [2.24, 2.45) is 0 Å². The first-order valence-electron chi connectivity index (χ1n) is 9.77. The molecular formula is C23H20Cl3N3O2. The fourth-order valence-corrected chi connectivity index (χ4v) is 4.21. The van der Waals surface area contributed by atoms with Crippen molar-refractivity contribution in [3.63, 3.8) is 0 Å². The first kappa shape index (κ1) is 21.9. The van der Waals surface area contributed by atoms with E-state index >= 15 is 0 Å². The number of hydrogen-bond donors (Lipinski definition) is 2. The van der Waals surface area contributed by atoms with Gasteiger partial charge in [-0.05, 0) is 48.7 Å². The largest absolute Gasteiger partial charge is 0.489 e. The van der Waals surface area contributed by atoms with E-state index in [2.05, 4.69) is 15.0 Å². The molecule has 4 aromatic rings. The van der Waals surface area contributed by atoms with Crippen LogP contribution in [0.1, 0.15) is 36.0 Å². The molecule has 4 rings (SSSR count). The summed E-state index contributed by atoms with van der Waals surface area (Å²) < 4.78 is 5.72. The van der Waals surface area contributed by atoms with Gasteiger partial charge in [0, 0.05) is 10.4 Å². The molecule has 8 heteroatoms. The Balaban J connectivity index is 1.94. The molecule has 0 aliphatic rings. The normalized spacial score (nSPS) is 13.4. The average Bonchev–Trinajstić information content (AvgIpc) is 3.20. The zero-order valence-corrected chi connectivity index (χ0v) is 19.2. The minimum atomic E-state index is -1.52. The van der Waals surface area contributed by atoms with Crippen LogP contribution in [0.2, 0.25) is 15.2 Å². The molecule has 2 heterocycles. The molecule has 0 bridgehead atoms. The lowest BCUT2D eigenvalue weighted by Gasteiger charge is -2.29. The number of aromatic amines is 1. The van der Waals surface area contributed by atoms with E-state index in [1.165, 1.54) is 0 Å². The van der Waals surface area contributed by atoms with Crippen LogP contribution in [0.25, 0.3) is 10.9 Å². The molecule has 5 nitrogen and oxygen atoms in total. The van der Waals surface area contributed by atoms with Gasteiger partial charge in [0.2, 0.25) is 0 Å². The van der Waals surface area contributed by atoms with E-state index in [1.807, 2.05) is 13.8 Å². The Labute approximate surface area is 195 Å². The van der Waals surface area contributed by atoms with E-state index in [-0.39, 0.29) is 5.15 Å². The number of pyridine rings is 1. The van der Waals surface area contributed by atoms with Crippen molar-refractivity contribution in [2.75, 3.05) is 6.61 Å². The fourth-order valence-electron chi connectivity index (χ4n) is 3.50. The van der Waals surface area contributed by atoms with Crippen molar-refractivity contribution in [3.8, 4) is 5.75 Å². The number of nitrogens with one attached hydrogen (secondary N) is 1. The Morgan fingerprint density at radius 2 is 1.77 bits per heavy atom. The highest BCUT2D eigenvalue weighted by Crippen LogP contribution is 2.41. The second kappa shape index (κ2) is 8.67. The monoisotopic (exact) mass is 475 g/mol. The number of hydrogen-bond acceptors (Lipinski definition) is 4. The summed E-state index contributed by atoms with van der Waals surface area (Å²) in [6.07, 6.45) is 2.42. The van der Waals surface area contributed by atoms with Crippen LogP contribution in [-0.4, -0.2) is 26.7 Å². The maximum Gasteiger partial charge on any atom is 0.175 e. The van der Waals surface area contributed by atoms with Crippen LogP contribution in [0.5, 0.6) is 5.75 Å². The number of rotatable bonds is 6. The maximum atomic E-state index is 12.0. The molecule has 2 N–H and O–H groups in total. The summed E-state index contributed by atoms with van der Waals surface area (Å²) in [5.74, 6) is 1.02. The molecule has 2 aromatic carbocycles. The van der Waals surface area contributed by atoms with E-state index in [1.54, 1.807) is 48.7 Å². The Morgan fingerprint density at radius 1 is 1.06 bits per heavy atom. The molecule has 0 radical (unpaired) electrons. The number of benzene rings is 2. The van der Waals surface area contributed by atoms with E-state index < -0.39 is 5.60 Å². The zero-order valence-electron chi connectivity index (χ0n) is 16.9. The Hall–Kier alpha value is -2.31. The van der Waals surface area contributed by atoms with Gasteiger partial charge in [-0.1, -0.05) is 59.9 Å². The van der Waals surface area contributed by atoms with E-state index in [0.717, 1.165) is 6.42 Å². The lowest BCUT2D eigenvalue weighted by molar-refractivity contribution is 0.121. The molecule has 0 aliphatic carbocycles. The second-order valence-electron chi connectivity index (χ2n) is 7.23. The van der Waals surface area contributed by atoms with Crippen LogP contribution in [0.3, 0.4) is 0 Å². The topological polar surface area (TPSA) is 71.0 Å². The molecule has 160 valence electrons. The van der Waals surface area contributed by atoms with Gasteiger partial charge < -0.3 is 14.8 Å². The van der Waals surface area contributed by atoms with Crippen LogP contribution in [0.4, 0.5) is 0 Å². The number of aromatic nitrogens is 3. The molecule has 0 spiro atoms. The van der Waals surface area contributed by atoms with Crippen molar-refractivity contribution in [1.29, 1.82) is 0 Å². The van der Waals surface area contributed by atoms with Crippen molar-refractivity contribution < 1.29 is 9.84 Å². The summed E-state index contributed by atoms with van der Waals surface area (Å²) in [7, 11) is 0. The van der Waals surface area contributed by atoms with Crippen LogP contribution in [0, 0.1) is 6.92 Å². The molecule has 0 saturated heterocycles. The van der Waals surface area contributed by atoms with E-state index in [0.29, 0.717) is 55.9 Å². The van der Waals surface area contributed by atoms with E-state index in [4.69, 9.17) is 39.5 Å². The van der Waals surface area contributed by atoms with Gasteiger partial charge in [0.15, 0.2) is 16.5 Å². The highest BCUT2D eigenvalue weighted by atomic mass is 35.5. The quantitative estimate of drug-likeness (QED) is 0.320. The number of fused-ring (bicyclic) bond motifs is 1. The first-order valence-corrected chi connectivity index (χ1v) is 10.9. The lowest BCUT2D eigenvalue weighted by Crippen LogP contribution is -2.29. The second-order valence-corrected chi connectivity index (χ2v) is 8.40. The minimum Gasteiger partial charge on any atom is -0.489 e. The third-order valence-electron chi connectivity index (χ3n) is 5.06. The van der Waals surface area contributed by atoms with Crippen molar-refractivity contribution in [1.82, 2.24) is 15.0 Å². The van der Waals surface area contributed by atoms with Crippen LogP contribution in [0.15, 0.2) is 48.7 Å². The predicted octanol–water partition coefficient (Wildman–Crippen LogP) is 6.30. The summed E-state index contributed by atoms with van der Waals surface area (Å²) >= 11 is 19.0. The summed E-state index contributed by atoms with van der Waals surface area (Å²) in [6.45, 7) is 4.29. The number of imidazole rings is 1. The molecule has 0 amide bonds. The number of nitrogens with zero attached hydrogens (tertiary/aromatic N) is 2. The predicted molar refractivity (Wildman–Crippen MR) is 124 cm³/mol. The Bertz CT molecular complexity index is 1240. The number of aryl methyl sites for hydroxylation is 1. The smallest absolute Gasteiger partial charge is 0.175 e. The summed E-state index contributed by atoms with van der Waals surface area (Å²) in [6, 6.07) is 12.4. The molecule has 1 atom stereocenters. The van der Waals surface area contributed by atoms with Gasteiger partial charge >= 0.3 is 0 Å². The van der Waals surface area contributed by atoms with Crippen LogP contribution in [-0.2, 0) is 5.60 Å². The third-order valence-corrected chi connectivity index (χ3v) is 5.94. The number of H-pyrrole nitrogens is 1. The van der Waals surface area contributed by atoms with Crippen molar-refractivity contribution >= 4 is 45.7 Å². The Kier molecular flexibility index (Phi) is 6.13. The molecule has 0 aliphatic heterocycles. The van der Waals surface area contributed by atoms with Gasteiger partial charge in [0.05, 0.1) is 29.0 Å². The van der Waals surface area contributed by atoms with Crippen LogP contribution >= 0.6 is 34.8 Å². The van der Waals surface area contributed by atoms with Gasteiger partial charge in [-0.25, -0.2) is 9.97 Å². The fraction of sp³-hybridized carbons (Fsp3) is 0.217. The molecule has 31 heavy (non-hydrogen) atoms. The zero-order chi connectivity index (χ0) is 22.2. The average molecular weight is 477 g/mol. The van der Waals surface area contributed by atoms with Gasteiger partial charge in [-0.2, -0.15) is 0 Å². The molecule has 1 unspecified atom stereocenters. The number of aliphatic hydroxyl groups is 1. The van der Waals surface area contributed by atoms with Crippen LogP contribution < -0.4 is 4.74 Å². The summed E-state index contributed by atoms with van der Waals surface area (Å²) in [4.78, 5) is 11.8. The van der Waals surface area contributed by atoms with Gasteiger partial charge in [-0.15, -0.1) is 0 Å². The molecule has 2 aromatic heterocycles. The van der Waals surface area contributed by atoms with Gasteiger partial charge in [-0.3, -0.25) is 0 Å². The molecule has 0 saturated carbocycles. The number of halogens is 3. The Morgan fingerprint density at radius 3 is 2.42 bits per heavy atom. The highest BCUT2D eigenvalue weighted by molar-refractivity contribution is 6.40. The highest BCUT2D eigenvalue weighted by Gasteiger charge is 2.36. The SMILES string of the molecule is CCCOc1c(Cl)nc2ccc(C(O)(c3ccc(Cl)cc3)c3cnc(C)[nH]3)cc2c1Cl. The summed E-state index contributed by atoms with van der Waals surface area (Å²) in [5, 5.41) is 13.8. The maximum absolute atomic E-state index is 12.0. The lowest BCUT2D eigenvalue weighted by atomic mass is 9.83. The standard InChI is InChI=1S/C23H20Cl3N3O2/c1-3-10-31-21-20(25)17-11-15(6-9-18(17)29-22(21)26)23(30,19-12-27-13(2)28-19)14-4-7-16(24)8-5-14/h4-9,11-12,30H,3,10H2,1-2H3,(H,27,28). The van der Waals surface area contributed by atoms with Gasteiger partial charge in [0.1, 0.15) is 5.82 Å². The molecular weight excluding hydrogens is 457 g/mol. The molecule has 0 fully saturated rings. The minimum absolute atomic E-state index is 0.204.